The van der Waals surface area contributed by atoms with Crippen LogP contribution in [-0.2, 0) is 4.79 Å². The number of nitrogens with zero attached hydrogens (tertiary/aromatic N) is 2. The van der Waals surface area contributed by atoms with E-state index in [1.54, 1.807) is 13.0 Å². The van der Waals surface area contributed by atoms with Crippen LogP contribution < -0.4 is 10.1 Å². The van der Waals surface area contributed by atoms with Crippen LogP contribution >= 0.6 is 0 Å². The summed E-state index contributed by atoms with van der Waals surface area (Å²) in [5.74, 6) is 1.00. The number of aromatic nitrogens is 2. The van der Waals surface area contributed by atoms with Gasteiger partial charge in [0, 0.05) is 11.3 Å². The Labute approximate surface area is 174 Å². The molecule has 0 saturated heterocycles. The second-order valence-electron chi connectivity index (χ2n) is 6.84. The van der Waals surface area contributed by atoms with Crippen molar-refractivity contribution in [3.05, 3.63) is 84.4 Å². The molecule has 0 aliphatic rings. The average molecular weight is 399 g/mol. The van der Waals surface area contributed by atoms with Gasteiger partial charge in [-0.3, -0.25) is 4.79 Å². The molecule has 1 aromatic heterocycles. The van der Waals surface area contributed by atoms with Gasteiger partial charge < -0.3 is 14.5 Å². The van der Waals surface area contributed by atoms with Crippen LogP contribution in [0.25, 0.3) is 22.9 Å². The van der Waals surface area contributed by atoms with Crippen LogP contribution in [0.3, 0.4) is 0 Å². The van der Waals surface area contributed by atoms with Gasteiger partial charge in [0.05, 0.1) is 5.56 Å². The van der Waals surface area contributed by atoms with E-state index in [2.05, 4.69) is 15.5 Å². The van der Waals surface area contributed by atoms with Crippen LogP contribution in [0.1, 0.15) is 12.5 Å². The number of carbonyl (C=O) groups is 1. The lowest BCUT2D eigenvalue weighted by Crippen LogP contribution is -2.30. The number of hydrogen-bond acceptors (Lipinski definition) is 5. The molecule has 1 atom stereocenters. The van der Waals surface area contributed by atoms with Gasteiger partial charge >= 0.3 is 0 Å². The van der Waals surface area contributed by atoms with Crippen molar-refractivity contribution < 1.29 is 13.9 Å². The van der Waals surface area contributed by atoms with Crippen LogP contribution in [0.4, 0.5) is 5.69 Å². The van der Waals surface area contributed by atoms with Crippen molar-refractivity contribution in [3.8, 4) is 28.7 Å². The molecule has 0 spiro atoms. The fraction of sp³-hybridized carbons (Fsp3) is 0.125. The molecule has 0 saturated carbocycles. The summed E-state index contributed by atoms with van der Waals surface area (Å²) in [6.07, 6.45) is -0.720. The highest BCUT2D eigenvalue weighted by molar-refractivity contribution is 5.94. The molecule has 0 bridgehead atoms. The standard InChI is InChI=1S/C24H21N3O3/c1-16-10-6-8-14-20(16)25-22(28)17(2)29-21-15-9-7-13-19(21)24-27-26-23(30-24)18-11-4-3-5-12-18/h3-15,17H,1-2H3,(H,25,28)/t17-/m0/s1. The second-order valence-corrected chi connectivity index (χ2v) is 6.84. The van der Waals surface area contributed by atoms with Crippen molar-refractivity contribution in [3.63, 3.8) is 0 Å². The Morgan fingerprint density at radius 2 is 1.57 bits per heavy atom. The third-order valence-electron chi connectivity index (χ3n) is 4.64. The predicted octanol–water partition coefficient (Wildman–Crippen LogP) is 5.12. The average Bonchev–Trinajstić information content (AvgIpc) is 3.26. The Balaban J connectivity index is 1.53. The first kappa shape index (κ1) is 19.4. The van der Waals surface area contributed by atoms with E-state index in [4.69, 9.17) is 9.15 Å². The minimum atomic E-state index is -0.720. The van der Waals surface area contributed by atoms with Gasteiger partial charge in [-0.15, -0.1) is 10.2 Å². The second kappa shape index (κ2) is 8.61. The minimum absolute atomic E-state index is 0.241. The van der Waals surface area contributed by atoms with Gasteiger partial charge in [0.25, 0.3) is 11.8 Å². The maximum absolute atomic E-state index is 12.6. The van der Waals surface area contributed by atoms with Crippen molar-refractivity contribution in [1.29, 1.82) is 0 Å². The molecule has 150 valence electrons. The van der Waals surface area contributed by atoms with Gasteiger partial charge in [-0.25, -0.2) is 0 Å². The van der Waals surface area contributed by atoms with E-state index in [0.29, 0.717) is 23.1 Å². The van der Waals surface area contributed by atoms with E-state index in [9.17, 15) is 4.79 Å². The monoisotopic (exact) mass is 399 g/mol. The number of hydrogen-bond donors (Lipinski definition) is 1. The Morgan fingerprint density at radius 1 is 0.900 bits per heavy atom. The topological polar surface area (TPSA) is 77.2 Å². The quantitative estimate of drug-likeness (QED) is 0.487. The molecule has 3 aromatic carbocycles. The number of aryl methyl sites for hydroxylation is 1. The summed E-state index contributed by atoms with van der Waals surface area (Å²) in [4.78, 5) is 12.6. The van der Waals surface area contributed by atoms with E-state index in [0.717, 1.165) is 16.8 Å². The number of rotatable bonds is 6. The first-order chi connectivity index (χ1) is 14.6. The zero-order chi connectivity index (χ0) is 20.9. The predicted molar refractivity (Wildman–Crippen MR) is 115 cm³/mol. The van der Waals surface area contributed by atoms with Gasteiger partial charge in [-0.1, -0.05) is 48.5 Å². The Hall–Kier alpha value is -3.93. The van der Waals surface area contributed by atoms with Gasteiger partial charge in [0.2, 0.25) is 5.89 Å². The van der Waals surface area contributed by atoms with E-state index >= 15 is 0 Å². The largest absolute Gasteiger partial charge is 0.480 e. The molecule has 4 aromatic rings. The van der Waals surface area contributed by atoms with E-state index in [-0.39, 0.29) is 5.91 Å². The molecule has 1 N–H and O–H groups in total. The fourth-order valence-corrected chi connectivity index (χ4v) is 2.97. The molecule has 0 fully saturated rings. The first-order valence-electron chi connectivity index (χ1n) is 9.63. The Kier molecular flexibility index (Phi) is 5.57. The fourth-order valence-electron chi connectivity index (χ4n) is 2.97. The van der Waals surface area contributed by atoms with E-state index < -0.39 is 6.10 Å². The van der Waals surface area contributed by atoms with Crippen molar-refractivity contribution in [2.75, 3.05) is 5.32 Å². The summed E-state index contributed by atoms with van der Waals surface area (Å²) in [6, 6.07) is 24.4. The summed E-state index contributed by atoms with van der Waals surface area (Å²) in [7, 11) is 0. The highest BCUT2D eigenvalue weighted by Crippen LogP contribution is 2.31. The number of anilines is 1. The molecule has 0 unspecified atom stereocenters. The third kappa shape index (κ3) is 4.22. The van der Waals surface area contributed by atoms with Gasteiger partial charge in [-0.05, 0) is 49.7 Å². The molecule has 30 heavy (non-hydrogen) atoms. The summed E-state index contributed by atoms with van der Waals surface area (Å²) in [5.41, 5.74) is 3.21. The molecule has 0 aliphatic carbocycles. The molecule has 1 heterocycles. The zero-order valence-corrected chi connectivity index (χ0v) is 16.7. The highest BCUT2D eigenvalue weighted by atomic mass is 16.5. The molecule has 6 heteroatoms. The number of ether oxygens (including phenoxy) is 1. The number of nitrogens with one attached hydrogen (secondary N) is 1. The third-order valence-corrected chi connectivity index (χ3v) is 4.64. The molecule has 1 amide bonds. The molecule has 0 radical (unpaired) electrons. The van der Waals surface area contributed by atoms with E-state index in [1.165, 1.54) is 0 Å². The van der Waals surface area contributed by atoms with Crippen molar-refractivity contribution in [2.45, 2.75) is 20.0 Å². The molecule has 0 aliphatic heterocycles. The maximum atomic E-state index is 12.6. The lowest BCUT2D eigenvalue weighted by molar-refractivity contribution is -0.122. The summed E-state index contributed by atoms with van der Waals surface area (Å²) < 4.78 is 11.8. The smallest absolute Gasteiger partial charge is 0.265 e. The van der Waals surface area contributed by atoms with Crippen molar-refractivity contribution in [2.24, 2.45) is 0 Å². The van der Waals surface area contributed by atoms with Crippen LogP contribution in [0, 0.1) is 6.92 Å². The molecular weight excluding hydrogens is 378 g/mol. The molecule has 4 rings (SSSR count). The van der Waals surface area contributed by atoms with Gasteiger partial charge in [-0.2, -0.15) is 0 Å². The highest BCUT2D eigenvalue weighted by Gasteiger charge is 2.20. The number of amides is 1. The van der Waals surface area contributed by atoms with E-state index in [1.807, 2.05) is 79.7 Å². The molecule has 6 nitrogen and oxygen atoms in total. The number of carbonyl (C=O) groups excluding carboxylic acids is 1. The van der Waals surface area contributed by atoms with Crippen molar-refractivity contribution >= 4 is 11.6 Å². The molecular formula is C24H21N3O3. The van der Waals surface area contributed by atoms with Gasteiger partial charge in [0.15, 0.2) is 6.10 Å². The normalized spacial score (nSPS) is 11.7. The van der Waals surface area contributed by atoms with Crippen LogP contribution in [0.15, 0.2) is 83.3 Å². The van der Waals surface area contributed by atoms with Crippen LogP contribution in [-0.4, -0.2) is 22.2 Å². The lowest BCUT2D eigenvalue weighted by Gasteiger charge is -2.17. The van der Waals surface area contributed by atoms with Crippen molar-refractivity contribution in [1.82, 2.24) is 10.2 Å². The summed E-state index contributed by atoms with van der Waals surface area (Å²) in [6.45, 7) is 3.64. The Bertz CT molecular complexity index is 1160. The lowest BCUT2D eigenvalue weighted by atomic mass is 10.2. The SMILES string of the molecule is Cc1ccccc1NC(=O)[C@H](C)Oc1ccccc1-c1nnc(-c2ccccc2)o1. The minimum Gasteiger partial charge on any atom is -0.480 e. The Morgan fingerprint density at radius 3 is 2.37 bits per heavy atom. The zero-order valence-electron chi connectivity index (χ0n) is 16.7. The van der Waals surface area contributed by atoms with Gasteiger partial charge in [0.1, 0.15) is 5.75 Å². The maximum Gasteiger partial charge on any atom is 0.265 e. The summed E-state index contributed by atoms with van der Waals surface area (Å²) in [5, 5.41) is 11.2. The van der Waals surface area contributed by atoms with Crippen LogP contribution in [0.2, 0.25) is 0 Å². The first-order valence-corrected chi connectivity index (χ1v) is 9.63. The van der Waals surface area contributed by atoms with Crippen LogP contribution in [0.5, 0.6) is 5.75 Å². The summed E-state index contributed by atoms with van der Waals surface area (Å²) >= 11 is 0. The number of para-hydroxylation sites is 2. The number of benzene rings is 3.